The number of carbonyl (C=O) groups excluding carboxylic acids is 1. The van der Waals surface area contributed by atoms with Crippen molar-refractivity contribution in [2.24, 2.45) is 0 Å². The lowest BCUT2D eigenvalue weighted by Crippen LogP contribution is -2.15. The van der Waals surface area contributed by atoms with Crippen molar-refractivity contribution in [2.75, 3.05) is 11.1 Å². The summed E-state index contributed by atoms with van der Waals surface area (Å²) in [5, 5.41) is 11.8. The molecule has 0 aromatic heterocycles. The number of benzene rings is 2. The van der Waals surface area contributed by atoms with Crippen molar-refractivity contribution < 1.29 is 4.79 Å². The number of carbonyl (C=O) groups is 1. The average Bonchev–Trinajstić information content (AvgIpc) is 2.50. The van der Waals surface area contributed by atoms with E-state index in [1.54, 1.807) is 17.8 Å². The van der Waals surface area contributed by atoms with Gasteiger partial charge in [0.1, 0.15) is 0 Å². The van der Waals surface area contributed by atoms with Crippen molar-refractivity contribution in [3.8, 4) is 6.07 Å². The Morgan fingerprint density at radius 1 is 1.23 bits per heavy atom. The average molecular weight is 310 g/mol. The molecule has 22 heavy (non-hydrogen) atoms. The lowest BCUT2D eigenvalue weighted by atomic mass is 10.1. The molecule has 0 aliphatic rings. The smallest absolute Gasteiger partial charge is 0.234 e. The number of amides is 1. The molecule has 0 fully saturated rings. The van der Waals surface area contributed by atoms with Crippen molar-refractivity contribution in [2.45, 2.75) is 19.6 Å². The van der Waals surface area contributed by atoms with Gasteiger partial charge in [0.15, 0.2) is 0 Å². The van der Waals surface area contributed by atoms with Gasteiger partial charge in [-0.25, -0.2) is 0 Å². The molecule has 2 aromatic carbocycles. The fourth-order valence-electron chi connectivity index (χ4n) is 2.13. The Morgan fingerprint density at radius 2 is 2.05 bits per heavy atom. The first-order chi connectivity index (χ1) is 10.6. The third-order valence-electron chi connectivity index (χ3n) is 3.21. The lowest BCUT2D eigenvalue weighted by Gasteiger charge is -2.09. The van der Waals surface area contributed by atoms with Crippen LogP contribution in [0.4, 0.5) is 5.69 Å². The number of rotatable bonds is 5. The van der Waals surface area contributed by atoms with E-state index < -0.39 is 0 Å². The molecule has 0 radical (unpaired) electrons. The third kappa shape index (κ3) is 4.64. The van der Waals surface area contributed by atoms with E-state index in [2.05, 4.69) is 17.5 Å². The van der Waals surface area contributed by atoms with E-state index in [0.717, 1.165) is 22.6 Å². The summed E-state index contributed by atoms with van der Waals surface area (Å²) in [6.45, 7) is 4.02. The normalized spacial score (nSPS) is 10.0. The fourth-order valence-corrected chi connectivity index (χ4v) is 2.91. The summed E-state index contributed by atoms with van der Waals surface area (Å²) in [4.78, 5) is 12.0. The fraction of sp³-hybridized carbons (Fsp3) is 0.222. The molecule has 2 rings (SSSR count). The minimum atomic E-state index is -0.00612. The summed E-state index contributed by atoms with van der Waals surface area (Å²) in [6.07, 6.45) is 0. The van der Waals surface area contributed by atoms with Crippen LogP contribution in [0.3, 0.4) is 0 Å². The molecule has 112 valence electrons. The van der Waals surface area contributed by atoms with Gasteiger partial charge in [-0.15, -0.1) is 11.8 Å². The summed E-state index contributed by atoms with van der Waals surface area (Å²) in [5.74, 6) is 1.10. The molecule has 0 spiro atoms. The lowest BCUT2D eigenvalue weighted by molar-refractivity contribution is -0.113. The number of anilines is 1. The van der Waals surface area contributed by atoms with E-state index in [1.165, 1.54) is 5.56 Å². The van der Waals surface area contributed by atoms with Crippen molar-refractivity contribution in [3.05, 3.63) is 64.7 Å². The van der Waals surface area contributed by atoms with Crippen LogP contribution in [-0.4, -0.2) is 11.7 Å². The first-order valence-electron chi connectivity index (χ1n) is 7.02. The zero-order valence-corrected chi connectivity index (χ0v) is 13.5. The second kappa shape index (κ2) is 7.67. The van der Waals surface area contributed by atoms with E-state index in [4.69, 9.17) is 5.26 Å². The summed E-state index contributed by atoms with van der Waals surface area (Å²) >= 11 is 1.54. The van der Waals surface area contributed by atoms with Crippen LogP contribution >= 0.6 is 11.8 Å². The highest BCUT2D eigenvalue weighted by Crippen LogP contribution is 2.18. The molecule has 0 atom stereocenters. The van der Waals surface area contributed by atoms with Gasteiger partial charge in [0.25, 0.3) is 0 Å². The van der Waals surface area contributed by atoms with Gasteiger partial charge in [0.05, 0.1) is 17.4 Å². The summed E-state index contributed by atoms with van der Waals surface area (Å²) in [5.41, 5.74) is 4.83. The largest absolute Gasteiger partial charge is 0.325 e. The van der Waals surface area contributed by atoms with Crippen LogP contribution in [0.1, 0.15) is 22.3 Å². The number of aryl methyl sites for hydroxylation is 2. The van der Waals surface area contributed by atoms with Gasteiger partial charge in [0, 0.05) is 11.4 Å². The second-order valence-corrected chi connectivity index (χ2v) is 6.16. The number of hydrogen-bond acceptors (Lipinski definition) is 3. The van der Waals surface area contributed by atoms with Crippen molar-refractivity contribution in [3.63, 3.8) is 0 Å². The Balaban J connectivity index is 1.84. The Labute approximate surface area is 135 Å². The highest BCUT2D eigenvalue weighted by atomic mass is 32.2. The Bertz CT molecular complexity index is 719. The Kier molecular flexibility index (Phi) is 5.62. The first kappa shape index (κ1) is 16.1. The zero-order chi connectivity index (χ0) is 15.9. The van der Waals surface area contributed by atoms with Crippen molar-refractivity contribution in [1.29, 1.82) is 5.26 Å². The Morgan fingerprint density at radius 3 is 2.77 bits per heavy atom. The van der Waals surface area contributed by atoms with Gasteiger partial charge >= 0.3 is 0 Å². The maximum Gasteiger partial charge on any atom is 0.234 e. The predicted octanol–water partition coefficient (Wildman–Crippen LogP) is 4.05. The maximum absolute atomic E-state index is 12.0. The van der Waals surface area contributed by atoms with Crippen LogP contribution in [0.25, 0.3) is 0 Å². The molecular formula is C18H18N2OS. The number of nitrogens with one attached hydrogen (secondary N) is 1. The van der Waals surface area contributed by atoms with Crippen LogP contribution in [0.5, 0.6) is 0 Å². The predicted molar refractivity (Wildman–Crippen MR) is 91.9 cm³/mol. The Hall–Kier alpha value is -2.25. The van der Waals surface area contributed by atoms with Gasteiger partial charge < -0.3 is 5.32 Å². The molecule has 0 heterocycles. The summed E-state index contributed by atoms with van der Waals surface area (Å²) in [7, 11) is 0. The van der Waals surface area contributed by atoms with Crippen molar-refractivity contribution >= 4 is 23.4 Å². The van der Waals surface area contributed by atoms with Crippen LogP contribution in [0, 0.1) is 25.2 Å². The van der Waals surface area contributed by atoms with E-state index in [-0.39, 0.29) is 5.91 Å². The molecule has 0 saturated carbocycles. The van der Waals surface area contributed by atoms with Crippen LogP contribution in [-0.2, 0) is 10.5 Å². The highest BCUT2D eigenvalue weighted by molar-refractivity contribution is 7.99. The molecule has 1 N–H and O–H groups in total. The van der Waals surface area contributed by atoms with Gasteiger partial charge in [-0.05, 0) is 43.2 Å². The molecule has 0 bridgehead atoms. The van der Waals surface area contributed by atoms with Gasteiger partial charge in [0.2, 0.25) is 5.91 Å². The summed E-state index contributed by atoms with van der Waals surface area (Å²) < 4.78 is 0. The third-order valence-corrected chi connectivity index (χ3v) is 4.22. The van der Waals surface area contributed by atoms with Crippen LogP contribution < -0.4 is 5.32 Å². The minimum absolute atomic E-state index is 0.00612. The van der Waals surface area contributed by atoms with E-state index in [1.807, 2.05) is 44.2 Å². The first-order valence-corrected chi connectivity index (χ1v) is 8.18. The van der Waals surface area contributed by atoms with Gasteiger partial charge in [-0.1, -0.05) is 29.8 Å². The molecular weight excluding hydrogens is 292 g/mol. The van der Waals surface area contributed by atoms with Gasteiger partial charge in [-0.2, -0.15) is 5.26 Å². The summed E-state index contributed by atoms with van der Waals surface area (Å²) in [6, 6.07) is 15.6. The zero-order valence-electron chi connectivity index (χ0n) is 12.7. The molecule has 0 saturated heterocycles. The SMILES string of the molecule is Cc1ccc(NC(=O)CSCc2cccc(C#N)c2)c(C)c1. The number of thioether (sulfide) groups is 1. The molecule has 4 heteroatoms. The molecule has 0 aliphatic heterocycles. The standard InChI is InChI=1S/C18H18N2OS/c1-13-6-7-17(14(2)8-13)20-18(21)12-22-11-16-5-3-4-15(9-16)10-19/h3-9H,11-12H2,1-2H3,(H,20,21). The quantitative estimate of drug-likeness (QED) is 0.906. The number of hydrogen-bond donors (Lipinski definition) is 1. The molecule has 2 aromatic rings. The molecule has 3 nitrogen and oxygen atoms in total. The number of nitrogens with zero attached hydrogens (tertiary/aromatic N) is 1. The van der Waals surface area contributed by atoms with E-state index in [9.17, 15) is 4.79 Å². The van der Waals surface area contributed by atoms with E-state index >= 15 is 0 Å². The monoisotopic (exact) mass is 310 g/mol. The second-order valence-electron chi connectivity index (χ2n) is 5.17. The maximum atomic E-state index is 12.0. The highest BCUT2D eigenvalue weighted by Gasteiger charge is 2.05. The van der Waals surface area contributed by atoms with Crippen LogP contribution in [0.2, 0.25) is 0 Å². The van der Waals surface area contributed by atoms with Crippen molar-refractivity contribution in [1.82, 2.24) is 0 Å². The molecule has 1 amide bonds. The van der Waals surface area contributed by atoms with Gasteiger partial charge in [-0.3, -0.25) is 4.79 Å². The van der Waals surface area contributed by atoms with Crippen LogP contribution in [0.15, 0.2) is 42.5 Å². The van der Waals surface area contributed by atoms with E-state index in [0.29, 0.717) is 11.3 Å². The minimum Gasteiger partial charge on any atom is -0.325 e. The molecule has 0 unspecified atom stereocenters. The topological polar surface area (TPSA) is 52.9 Å². The molecule has 0 aliphatic carbocycles. The number of nitriles is 1.